The molecule has 1 aromatic carbocycles. The Kier molecular flexibility index (Phi) is 4.18. The monoisotopic (exact) mass is 259 g/mol. The summed E-state index contributed by atoms with van der Waals surface area (Å²) >= 11 is 0. The molecule has 0 bridgehead atoms. The standard InChI is InChI=1S/C14H17N3O2/c1-3-8-19-13-9-10(4-6-12(13)18-2)11-5-7-14(15)17-16-11/h4-7,9H,3,8H2,1-2H3,(H2,15,17). The summed E-state index contributed by atoms with van der Waals surface area (Å²) in [5.41, 5.74) is 7.19. The first kappa shape index (κ1) is 13.1. The Bertz CT molecular complexity index is 541. The van der Waals surface area contributed by atoms with Gasteiger partial charge in [0.1, 0.15) is 5.82 Å². The first-order valence-corrected chi connectivity index (χ1v) is 6.15. The molecule has 100 valence electrons. The van der Waals surface area contributed by atoms with Gasteiger partial charge >= 0.3 is 0 Å². The predicted octanol–water partition coefficient (Wildman–Crippen LogP) is 2.52. The van der Waals surface area contributed by atoms with Crippen molar-refractivity contribution in [2.24, 2.45) is 0 Å². The zero-order chi connectivity index (χ0) is 13.7. The molecule has 0 saturated carbocycles. The number of anilines is 1. The molecular formula is C14H17N3O2. The number of aromatic nitrogens is 2. The maximum Gasteiger partial charge on any atom is 0.161 e. The van der Waals surface area contributed by atoms with Gasteiger partial charge in [0.2, 0.25) is 0 Å². The zero-order valence-electron chi connectivity index (χ0n) is 11.1. The summed E-state index contributed by atoms with van der Waals surface area (Å²) in [6, 6.07) is 9.22. The molecule has 1 heterocycles. The highest BCUT2D eigenvalue weighted by atomic mass is 16.5. The van der Waals surface area contributed by atoms with Crippen molar-refractivity contribution in [3.8, 4) is 22.8 Å². The summed E-state index contributed by atoms with van der Waals surface area (Å²) in [7, 11) is 1.62. The second-order valence-electron chi connectivity index (χ2n) is 4.06. The second-order valence-corrected chi connectivity index (χ2v) is 4.06. The van der Waals surface area contributed by atoms with Crippen molar-refractivity contribution < 1.29 is 9.47 Å². The number of nitrogens with zero attached hydrogens (tertiary/aromatic N) is 2. The van der Waals surface area contributed by atoms with Crippen LogP contribution in [0.4, 0.5) is 5.82 Å². The lowest BCUT2D eigenvalue weighted by Gasteiger charge is -2.11. The zero-order valence-corrected chi connectivity index (χ0v) is 11.1. The summed E-state index contributed by atoms with van der Waals surface area (Å²) in [6.45, 7) is 2.70. The summed E-state index contributed by atoms with van der Waals surface area (Å²) in [4.78, 5) is 0. The van der Waals surface area contributed by atoms with Crippen molar-refractivity contribution >= 4 is 5.82 Å². The minimum absolute atomic E-state index is 0.403. The van der Waals surface area contributed by atoms with Crippen LogP contribution in [0.5, 0.6) is 11.5 Å². The number of hydrogen-bond acceptors (Lipinski definition) is 5. The van der Waals surface area contributed by atoms with Crippen LogP contribution in [-0.2, 0) is 0 Å². The Morgan fingerprint density at radius 2 is 1.95 bits per heavy atom. The van der Waals surface area contributed by atoms with Gasteiger partial charge in [-0.2, -0.15) is 0 Å². The van der Waals surface area contributed by atoms with E-state index in [4.69, 9.17) is 15.2 Å². The number of rotatable bonds is 5. The van der Waals surface area contributed by atoms with Crippen molar-refractivity contribution in [1.29, 1.82) is 0 Å². The van der Waals surface area contributed by atoms with E-state index < -0.39 is 0 Å². The smallest absolute Gasteiger partial charge is 0.161 e. The van der Waals surface area contributed by atoms with E-state index in [1.807, 2.05) is 24.3 Å². The van der Waals surface area contributed by atoms with Crippen molar-refractivity contribution in [2.45, 2.75) is 13.3 Å². The molecule has 5 nitrogen and oxygen atoms in total. The fraction of sp³-hybridized carbons (Fsp3) is 0.286. The van der Waals surface area contributed by atoms with E-state index in [-0.39, 0.29) is 0 Å². The molecule has 0 atom stereocenters. The van der Waals surface area contributed by atoms with Crippen LogP contribution in [0, 0.1) is 0 Å². The highest BCUT2D eigenvalue weighted by Gasteiger charge is 2.08. The molecule has 2 N–H and O–H groups in total. The van der Waals surface area contributed by atoms with Crippen molar-refractivity contribution in [3.63, 3.8) is 0 Å². The van der Waals surface area contributed by atoms with E-state index in [2.05, 4.69) is 17.1 Å². The quantitative estimate of drug-likeness (QED) is 0.893. The molecule has 0 aliphatic rings. The molecule has 5 heteroatoms. The van der Waals surface area contributed by atoms with Crippen molar-refractivity contribution in [1.82, 2.24) is 10.2 Å². The van der Waals surface area contributed by atoms with E-state index in [1.54, 1.807) is 13.2 Å². The average Bonchev–Trinajstić information content (AvgIpc) is 2.45. The predicted molar refractivity (Wildman–Crippen MR) is 74.2 cm³/mol. The SMILES string of the molecule is CCCOc1cc(-c2ccc(N)nn2)ccc1OC. The first-order valence-electron chi connectivity index (χ1n) is 6.15. The molecule has 2 rings (SSSR count). The van der Waals surface area contributed by atoms with Crippen molar-refractivity contribution in [2.75, 3.05) is 19.5 Å². The van der Waals surface area contributed by atoms with Crippen LogP contribution >= 0.6 is 0 Å². The van der Waals surface area contributed by atoms with E-state index in [1.165, 1.54) is 0 Å². The van der Waals surface area contributed by atoms with Crippen LogP contribution in [0.25, 0.3) is 11.3 Å². The van der Waals surface area contributed by atoms with Crippen molar-refractivity contribution in [3.05, 3.63) is 30.3 Å². The molecule has 19 heavy (non-hydrogen) atoms. The van der Waals surface area contributed by atoms with Gasteiger partial charge in [0.15, 0.2) is 11.5 Å². The van der Waals surface area contributed by atoms with Gasteiger partial charge in [-0.15, -0.1) is 10.2 Å². The lowest BCUT2D eigenvalue weighted by molar-refractivity contribution is 0.294. The number of benzene rings is 1. The molecule has 2 aromatic rings. The molecule has 0 aliphatic carbocycles. The molecule has 0 aliphatic heterocycles. The van der Waals surface area contributed by atoms with Gasteiger partial charge in [-0.1, -0.05) is 6.92 Å². The summed E-state index contributed by atoms with van der Waals surface area (Å²) in [5, 5.41) is 7.90. The average molecular weight is 259 g/mol. The molecule has 0 fully saturated rings. The normalized spacial score (nSPS) is 10.2. The Balaban J connectivity index is 2.33. The molecular weight excluding hydrogens is 242 g/mol. The fourth-order valence-corrected chi connectivity index (χ4v) is 1.66. The number of methoxy groups -OCH3 is 1. The van der Waals surface area contributed by atoms with Gasteiger partial charge in [0.25, 0.3) is 0 Å². The van der Waals surface area contributed by atoms with Gasteiger partial charge in [-0.25, -0.2) is 0 Å². The fourth-order valence-electron chi connectivity index (χ4n) is 1.66. The largest absolute Gasteiger partial charge is 0.493 e. The maximum absolute atomic E-state index is 5.67. The topological polar surface area (TPSA) is 70.3 Å². The summed E-state index contributed by atoms with van der Waals surface area (Å²) < 4.78 is 10.9. The van der Waals surface area contributed by atoms with Crippen LogP contribution in [0.3, 0.4) is 0 Å². The minimum atomic E-state index is 0.403. The Morgan fingerprint density at radius 3 is 2.58 bits per heavy atom. The number of hydrogen-bond donors (Lipinski definition) is 1. The number of nitrogen functional groups attached to an aromatic ring is 1. The maximum atomic E-state index is 5.67. The Labute approximate surface area is 112 Å². The van der Waals surface area contributed by atoms with Gasteiger partial charge < -0.3 is 15.2 Å². The first-order chi connectivity index (χ1) is 9.24. The Morgan fingerprint density at radius 1 is 1.11 bits per heavy atom. The number of nitrogens with two attached hydrogens (primary N) is 1. The third-order valence-electron chi connectivity index (χ3n) is 2.61. The highest BCUT2D eigenvalue weighted by molar-refractivity contribution is 5.64. The van der Waals surface area contributed by atoms with Gasteiger partial charge in [0, 0.05) is 5.56 Å². The molecule has 0 spiro atoms. The van der Waals surface area contributed by atoms with E-state index in [9.17, 15) is 0 Å². The molecule has 0 radical (unpaired) electrons. The summed E-state index contributed by atoms with van der Waals surface area (Å²) in [6.07, 6.45) is 0.940. The van der Waals surface area contributed by atoms with E-state index in [0.29, 0.717) is 23.9 Å². The van der Waals surface area contributed by atoms with Gasteiger partial charge in [-0.3, -0.25) is 0 Å². The number of ether oxygens (including phenoxy) is 2. The lowest BCUT2D eigenvalue weighted by Crippen LogP contribution is -1.99. The van der Waals surface area contributed by atoms with Crippen LogP contribution in [-0.4, -0.2) is 23.9 Å². The third kappa shape index (κ3) is 3.13. The van der Waals surface area contributed by atoms with Gasteiger partial charge in [-0.05, 0) is 36.8 Å². The minimum Gasteiger partial charge on any atom is -0.493 e. The molecule has 0 saturated heterocycles. The lowest BCUT2D eigenvalue weighted by atomic mass is 10.1. The van der Waals surface area contributed by atoms with E-state index in [0.717, 1.165) is 17.7 Å². The second kappa shape index (κ2) is 6.04. The van der Waals surface area contributed by atoms with Crippen LogP contribution in [0.2, 0.25) is 0 Å². The molecule has 1 aromatic heterocycles. The summed E-state index contributed by atoms with van der Waals surface area (Å²) in [5.74, 6) is 1.82. The third-order valence-corrected chi connectivity index (χ3v) is 2.61. The van der Waals surface area contributed by atoms with E-state index >= 15 is 0 Å². The highest BCUT2D eigenvalue weighted by Crippen LogP contribution is 2.31. The Hall–Kier alpha value is -2.30. The van der Waals surface area contributed by atoms with Crippen LogP contribution < -0.4 is 15.2 Å². The van der Waals surface area contributed by atoms with Gasteiger partial charge in [0.05, 0.1) is 19.4 Å². The molecule has 0 amide bonds. The van der Waals surface area contributed by atoms with Crippen LogP contribution in [0.15, 0.2) is 30.3 Å². The van der Waals surface area contributed by atoms with Crippen LogP contribution in [0.1, 0.15) is 13.3 Å². The molecule has 0 unspecified atom stereocenters.